The minimum Gasteiger partial charge on any atom is -0.444 e. The molecular weight excluding hydrogens is 312 g/mol. The van der Waals surface area contributed by atoms with Crippen LogP contribution in [0, 0.1) is 11.3 Å². The molecule has 2 rings (SSSR count). The van der Waals surface area contributed by atoms with Crippen molar-refractivity contribution >= 4 is 6.09 Å². The minimum absolute atomic E-state index is 0.143. The first-order chi connectivity index (χ1) is 11.6. The smallest absolute Gasteiger partial charge is 0.410 e. The molecule has 1 amide bonds. The summed E-state index contributed by atoms with van der Waals surface area (Å²) in [5.41, 5.74) is 0.0136. The average molecular weight is 353 g/mol. The molecule has 0 bridgehead atoms. The van der Waals surface area contributed by atoms with Crippen LogP contribution in [0.3, 0.4) is 0 Å². The monoisotopic (exact) mass is 352 g/mol. The van der Waals surface area contributed by atoms with Gasteiger partial charge in [-0.05, 0) is 77.0 Å². The average Bonchev–Trinajstić information content (AvgIpc) is 2.51. The van der Waals surface area contributed by atoms with Crippen molar-refractivity contribution in [3.05, 3.63) is 0 Å². The van der Waals surface area contributed by atoms with E-state index < -0.39 is 5.60 Å². The molecule has 1 heterocycles. The number of amides is 1. The molecular formula is C21H40N2O2. The predicted molar refractivity (Wildman–Crippen MR) is 104 cm³/mol. The summed E-state index contributed by atoms with van der Waals surface area (Å²) >= 11 is 0. The molecule has 1 saturated heterocycles. The number of hydrogen-bond donors (Lipinski definition) is 1. The molecule has 1 aliphatic carbocycles. The molecule has 4 heteroatoms. The van der Waals surface area contributed by atoms with E-state index in [9.17, 15) is 4.79 Å². The minimum atomic E-state index is -0.419. The van der Waals surface area contributed by atoms with Crippen LogP contribution in [-0.2, 0) is 4.74 Å². The third kappa shape index (κ3) is 6.47. The maximum absolute atomic E-state index is 12.5. The van der Waals surface area contributed by atoms with Gasteiger partial charge in [0.15, 0.2) is 0 Å². The van der Waals surface area contributed by atoms with Gasteiger partial charge in [-0.3, -0.25) is 0 Å². The van der Waals surface area contributed by atoms with E-state index in [4.69, 9.17) is 4.74 Å². The van der Waals surface area contributed by atoms with Gasteiger partial charge in [0.1, 0.15) is 5.60 Å². The number of hydrogen-bond acceptors (Lipinski definition) is 3. The van der Waals surface area contributed by atoms with E-state index in [1.807, 2.05) is 25.7 Å². The quantitative estimate of drug-likeness (QED) is 0.779. The molecule has 1 aliphatic heterocycles. The summed E-state index contributed by atoms with van der Waals surface area (Å²) in [4.78, 5) is 14.5. The molecule has 2 aliphatic rings. The van der Waals surface area contributed by atoms with E-state index in [2.05, 4.69) is 26.1 Å². The Kier molecular flexibility index (Phi) is 6.80. The summed E-state index contributed by atoms with van der Waals surface area (Å²) < 4.78 is 5.61. The van der Waals surface area contributed by atoms with Gasteiger partial charge >= 0.3 is 6.09 Å². The standard InChI is InChI=1S/C21H40N2O2/c1-20(2,3)16-10-12-17(13-11-16)22-15-18-9-7-8-14-23(18)19(24)25-21(4,5)6/h16-18,22H,7-15H2,1-6H3/t16-,17-,18-/m1/s1. The van der Waals surface area contributed by atoms with Gasteiger partial charge in [-0.1, -0.05) is 20.8 Å². The fraction of sp³-hybridized carbons (Fsp3) is 0.952. The van der Waals surface area contributed by atoms with Gasteiger partial charge in [-0.25, -0.2) is 4.79 Å². The number of piperidine rings is 1. The lowest BCUT2D eigenvalue weighted by Crippen LogP contribution is -2.51. The molecule has 0 aromatic heterocycles. The lowest BCUT2D eigenvalue weighted by Gasteiger charge is -2.40. The number of nitrogens with zero attached hydrogens (tertiary/aromatic N) is 1. The van der Waals surface area contributed by atoms with E-state index in [0.29, 0.717) is 11.5 Å². The normalized spacial score (nSPS) is 28.7. The Balaban J connectivity index is 1.81. The first-order valence-corrected chi connectivity index (χ1v) is 10.3. The Hall–Kier alpha value is -0.770. The lowest BCUT2D eigenvalue weighted by molar-refractivity contribution is 0.00933. The zero-order chi connectivity index (χ0) is 18.7. The van der Waals surface area contributed by atoms with Crippen LogP contribution >= 0.6 is 0 Å². The van der Waals surface area contributed by atoms with E-state index in [1.165, 1.54) is 32.1 Å². The second-order valence-corrected chi connectivity index (χ2v) is 10.1. The van der Waals surface area contributed by atoms with Gasteiger partial charge in [-0.2, -0.15) is 0 Å². The largest absolute Gasteiger partial charge is 0.444 e. The number of likely N-dealkylation sites (tertiary alicyclic amines) is 1. The Bertz CT molecular complexity index is 428. The SMILES string of the molecule is CC(C)(C)OC(=O)N1CCCC[C@@H]1CN[C@H]1CC[C@H](C(C)(C)C)CC1. The molecule has 0 aromatic carbocycles. The number of rotatable bonds is 3. The van der Waals surface area contributed by atoms with Gasteiger partial charge < -0.3 is 15.0 Å². The summed E-state index contributed by atoms with van der Waals surface area (Å²) in [5.74, 6) is 0.846. The molecule has 25 heavy (non-hydrogen) atoms. The highest BCUT2D eigenvalue weighted by Gasteiger charge is 2.32. The van der Waals surface area contributed by atoms with Crippen molar-refractivity contribution in [2.24, 2.45) is 11.3 Å². The van der Waals surface area contributed by atoms with Gasteiger partial charge in [0.25, 0.3) is 0 Å². The molecule has 0 radical (unpaired) electrons. The molecule has 1 saturated carbocycles. The van der Waals surface area contributed by atoms with Crippen molar-refractivity contribution in [2.75, 3.05) is 13.1 Å². The van der Waals surface area contributed by atoms with E-state index in [1.54, 1.807) is 0 Å². The molecule has 1 N–H and O–H groups in total. The second-order valence-electron chi connectivity index (χ2n) is 10.1. The molecule has 146 valence electrons. The zero-order valence-corrected chi connectivity index (χ0v) is 17.4. The third-order valence-corrected chi connectivity index (χ3v) is 5.85. The molecule has 0 spiro atoms. The summed E-state index contributed by atoms with van der Waals surface area (Å²) in [5, 5.41) is 3.76. The summed E-state index contributed by atoms with van der Waals surface area (Å²) in [6, 6.07) is 0.893. The Morgan fingerprint density at radius 3 is 2.20 bits per heavy atom. The maximum Gasteiger partial charge on any atom is 0.410 e. The molecule has 1 atom stereocenters. The van der Waals surface area contributed by atoms with Gasteiger partial charge in [-0.15, -0.1) is 0 Å². The summed E-state index contributed by atoms with van der Waals surface area (Å²) in [7, 11) is 0. The van der Waals surface area contributed by atoms with Gasteiger partial charge in [0, 0.05) is 25.2 Å². The van der Waals surface area contributed by atoms with Crippen LogP contribution in [-0.4, -0.2) is 41.8 Å². The number of carbonyl (C=O) groups excluding carboxylic acids is 1. The fourth-order valence-corrected chi connectivity index (χ4v) is 4.24. The van der Waals surface area contributed by atoms with Crippen LogP contribution in [0.1, 0.15) is 86.5 Å². The van der Waals surface area contributed by atoms with Crippen molar-refractivity contribution in [3.8, 4) is 0 Å². The maximum atomic E-state index is 12.5. The number of nitrogens with one attached hydrogen (secondary N) is 1. The first kappa shape index (κ1) is 20.5. The summed E-state index contributed by atoms with van der Waals surface area (Å²) in [6.45, 7) is 14.7. The van der Waals surface area contributed by atoms with E-state index in [-0.39, 0.29) is 12.1 Å². The van der Waals surface area contributed by atoms with Crippen molar-refractivity contribution < 1.29 is 9.53 Å². The topological polar surface area (TPSA) is 41.6 Å². The highest BCUT2D eigenvalue weighted by atomic mass is 16.6. The Labute approximate surface area is 155 Å². The van der Waals surface area contributed by atoms with Crippen LogP contribution in [0.4, 0.5) is 4.79 Å². The third-order valence-electron chi connectivity index (χ3n) is 5.85. The molecule has 2 fully saturated rings. The van der Waals surface area contributed by atoms with Crippen molar-refractivity contribution in [1.29, 1.82) is 0 Å². The summed E-state index contributed by atoms with van der Waals surface area (Å²) in [6.07, 6.45) is 8.42. The van der Waals surface area contributed by atoms with Crippen molar-refractivity contribution in [2.45, 2.75) is 104 Å². The van der Waals surface area contributed by atoms with Gasteiger partial charge in [0.05, 0.1) is 0 Å². The highest BCUT2D eigenvalue weighted by molar-refractivity contribution is 5.68. The van der Waals surface area contributed by atoms with Crippen molar-refractivity contribution in [1.82, 2.24) is 10.2 Å². The molecule has 0 aromatic rings. The number of ether oxygens (including phenoxy) is 1. The second kappa shape index (κ2) is 8.28. The molecule has 0 unspecified atom stereocenters. The molecule has 4 nitrogen and oxygen atoms in total. The Morgan fingerprint density at radius 1 is 1.00 bits per heavy atom. The predicted octanol–water partition coefficient (Wildman–Crippen LogP) is 4.97. The Morgan fingerprint density at radius 2 is 1.64 bits per heavy atom. The van der Waals surface area contributed by atoms with Crippen LogP contribution in [0.25, 0.3) is 0 Å². The van der Waals surface area contributed by atoms with Crippen LogP contribution in [0.15, 0.2) is 0 Å². The van der Waals surface area contributed by atoms with E-state index in [0.717, 1.165) is 31.8 Å². The van der Waals surface area contributed by atoms with Crippen LogP contribution in [0.5, 0.6) is 0 Å². The zero-order valence-electron chi connectivity index (χ0n) is 17.4. The van der Waals surface area contributed by atoms with Crippen molar-refractivity contribution in [3.63, 3.8) is 0 Å². The van der Waals surface area contributed by atoms with E-state index >= 15 is 0 Å². The van der Waals surface area contributed by atoms with Crippen LogP contribution in [0.2, 0.25) is 0 Å². The van der Waals surface area contributed by atoms with Gasteiger partial charge in [0.2, 0.25) is 0 Å². The first-order valence-electron chi connectivity index (χ1n) is 10.3. The highest BCUT2D eigenvalue weighted by Crippen LogP contribution is 2.37. The van der Waals surface area contributed by atoms with Crippen LogP contribution < -0.4 is 5.32 Å². The fourth-order valence-electron chi connectivity index (χ4n) is 4.24. The number of carbonyl (C=O) groups is 1. The lowest BCUT2D eigenvalue weighted by atomic mass is 9.71.